The predicted molar refractivity (Wildman–Crippen MR) is 68.0 cm³/mol. The molecule has 0 heterocycles. The van der Waals surface area contributed by atoms with Gasteiger partial charge in [0.1, 0.15) is 0 Å². The van der Waals surface area contributed by atoms with Crippen LogP contribution in [0.5, 0.6) is 0 Å². The van der Waals surface area contributed by atoms with Gasteiger partial charge in [-0.15, -0.1) is 0 Å². The van der Waals surface area contributed by atoms with Gasteiger partial charge in [0.2, 0.25) is 0 Å². The summed E-state index contributed by atoms with van der Waals surface area (Å²) >= 11 is 0. The van der Waals surface area contributed by atoms with Crippen molar-refractivity contribution < 1.29 is 14.6 Å². The van der Waals surface area contributed by atoms with Crippen LogP contribution in [0, 0.1) is 11.3 Å². The molecule has 0 saturated heterocycles. The van der Waals surface area contributed by atoms with Crippen LogP contribution in [0.3, 0.4) is 0 Å². The molecule has 0 aromatic carbocycles. The van der Waals surface area contributed by atoms with Gasteiger partial charge in [-0.05, 0) is 39.0 Å². The minimum absolute atomic E-state index is 0.360. The summed E-state index contributed by atoms with van der Waals surface area (Å²) in [6.07, 6.45) is 7.11. The molecule has 0 radical (unpaired) electrons. The Balaban J connectivity index is 2.32. The number of hydrogen-bond donors (Lipinski definition) is 1. The molecule has 1 rings (SSSR count). The number of carboxylic acid groups (broad SMARTS) is 1. The number of ether oxygens (including phenoxy) is 1. The molecule has 1 fully saturated rings. The van der Waals surface area contributed by atoms with Gasteiger partial charge < -0.3 is 9.84 Å². The fourth-order valence-electron chi connectivity index (χ4n) is 2.43. The van der Waals surface area contributed by atoms with E-state index in [9.17, 15) is 4.79 Å². The monoisotopic (exact) mass is 242 g/mol. The highest BCUT2D eigenvalue weighted by molar-refractivity contribution is 5.73. The fraction of sp³-hybridized carbons (Fsp3) is 0.929. The third-order valence-electron chi connectivity index (χ3n) is 4.00. The molecule has 100 valence electrons. The number of hydrogen-bond acceptors (Lipinski definition) is 2. The lowest BCUT2D eigenvalue weighted by Gasteiger charge is -2.31. The van der Waals surface area contributed by atoms with Crippen molar-refractivity contribution in [2.24, 2.45) is 11.3 Å². The maximum Gasteiger partial charge on any atom is 0.309 e. The van der Waals surface area contributed by atoms with Gasteiger partial charge in [-0.25, -0.2) is 0 Å². The van der Waals surface area contributed by atoms with Crippen LogP contribution in [-0.2, 0) is 9.53 Å². The molecule has 1 aliphatic carbocycles. The standard InChI is InChI=1S/C14H26O3/c1-4-11-7-5-6-8-12(11)17-10-9-14(2,3)13(15)16/h11-12H,4-10H2,1-3H3,(H,15,16). The molecule has 0 spiro atoms. The number of rotatable bonds is 6. The summed E-state index contributed by atoms with van der Waals surface area (Å²) in [4.78, 5) is 11.0. The first kappa shape index (κ1) is 14.5. The smallest absolute Gasteiger partial charge is 0.309 e. The zero-order valence-electron chi connectivity index (χ0n) is 11.4. The topological polar surface area (TPSA) is 46.5 Å². The molecule has 1 N–H and O–H groups in total. The number of carboxylic acids is 1. The van der Waals surface area contributed by atoms with Crippen LogP contribution in [0.4, 0.5) is 0 Å². The van der Waals surface area contributed by atoms with E-state index in [0.29, 0.717) is 25.0 Å². The minimum atomic E-state index is -0.739. The van der Waals surface area contributed by atoms with E-state index in [0.717, 1.165) is 6.42 Å². The van der Waals surface area contributed by atoms with Crippen LogP contribution in [0.15, 0.2) is 0 Å². The average molecular weight is 242 g/mol. The lowest BCUT2D eigenvalue weighted by atomic mass is 9.84. The molecule has 3 heteroatoms. The third-order valence-corrected chi connectivity index (χ3v) is 4.00. The second-order valence-electron chi connectivity index (χ2n) is 5.80. The highest BCUT2D eigenvalue weighted by Crippen LogP contribution is 2.30. The van der Waals surface area contributed by atoms with Gasteiger partial charge in [-0.3, -0.25) is 4.79 Å². The average Bonchev–Trinajstić information content (AvgIpc) is 2.29. The summed E-state index contributed by atoms with van der Waals surface area (Å²) in [5.74, 6) is -0.0616. The minimum Gasteiger partial charge on any atom is -0.481 e. The quantitative estimate of drug-likeness (QED) is 0.775. The van der Waals surface area contributed by atoms with Crippen LogP contribution in [0.1, 0.15) is 59.3 Å². The second kappa shape index (κ2) is 6.39. The van der Waals surface area contributed by atoms with Crippen molar-refractivity contribution >= 4 is 5.97 Å². The van der Waals surface area contributed by atoms with Crippen LogP contribution >= 0.6 is 0 Å². The van der Waals surface area contributed by atoms with Crippen LogP contribution in [0.2, 0.25) is 0 Å². The van der Waals surface area contributed by atoms with Crippen molar-refractivity contribution in [1.82, 2.24) is 0 Å². The molecular weight excluding hydrogens is 216 g/mol. The summed E-state index contributed by atoms with van der Waals surface area (Å²) in [5, 5.41) is 9.02. The lowest BCUT2D eigenvalue weighted by Crippen LogP contribution is -2.30. The van der Waals surface area contributed by atoms with Crippen molar-refractivity contribution in [2.45, 2.75) is 65.4 Å². The van der Waals surface area contributed by atoms with Gasteiger partial charge in [0.25, 0.3) is 0 Å². The molecular formula is C14H26O3. The Bertz CT molecular complexity index is 248. The fourth-order valence-corrected chi connectivity index (χ4v) is 2.43. The summed E-state index contributed by atoms with van der Waals surface area (Å²) in [6, 6.07) is 0. The Morgan fingerprint density at radius 1 is 1.35 bits per heavy atom. The van der Waals surface area contributed by atoms with E-state index >= 15 is 0 Å². The summed E-state index contributed by atoms with van der Waals surface area (Å²) in [5.41, 5.74) is -0.670. The Kier molecular flexibility index (Phi) is 5.44. The second-order valence-corrected chi connectivity index (χ2v) is 5.80. The Morgan fingerprint density at radius 3 is 2.59 bits per heavy atom. The molecule has 0 bridgehead atoms. The number of aliphatic carboxylic acids is 1. The molecule has 2 unspecified atom stereocenters. The van der Waals surface area contributed by atoms with E-state index < -0.39 is 11.4 Å². The van der Waals surface area contributed by atoms with Gasteiger partial charge in [-0.2, -0.15) is 0 Å². The summed E-state index contributed by atoms with van der Waals surface area (Å²) < 4.78 is 5.91. The lowest BCUT2D eigenvalue weighted by molar-refractivity contribution is -0.148. The molecule has 0 aromatic heterocycles. The Hall–Kier alpha value is -0.570. The SMILES string of the molecule is CCC1CCCCC1OCCC(C)(C)C(=O)O. The zero-order chi connectivity index (χ0) is 12.9. The van der Waals surface area contributed by atoms with Gasteiger partial charge in [-0.1, -0.05) is 26.2 Å². The molecule has 1 saturated carbocycles. The maximum absolute atomic E-state index is 11.0. The van der Waals surface area contributed by atoms with Gasteiger partial charge >= 0.3 is 5.97 Å². The summed E-state index contributed by atoms with van der Waals surface area (Å²) in [7, 11) is 0. The first-order chi connectivity index (χ1) is 7.97. The van der Waals surface area contributed by atoms with E-state index in [1.54, 1.807) is 13.8 Å². The van der Waals surface area contributed by atoms with E-state index in [-0.39, 0.29) is 0 Å². The molecule has 0 aromatic rings. The molecule has 3 nitrogen and oxygen atoms in total. The van der Waals surface area contributed by atoms with E-state index in [1.807, 2.05) is 0 Å². The normalized spacial score (nSPS) is 25.8. The van der Waals surface area contributed by atoms with Gasteiger partial charge in [0.05, 0.1) is 11.5 Å². The van der Waals surface area contributed by atoms with E-state index in [4.69, 9.17) is 9.84 Å². The first-order valence-electron chi connectivity index (χ1n) is 6.82. The van der Waals surface area contributed by atoms with E-state index in [1.165, 1.54) is 25.7 Å². The van der Waals surface area contributed by atoms with Crippen LogP contribution < -0.4 is 0 Å². The summed E-state index contributed by atoms with van der Waals surface area (Å²) in [6.45, 7) is 6.31. The van der Waals surface area contributed by atoms with Crippen molar-refractivity contribution in [2.75, 3.05) is 6.61 Å². The number of carbonyl (C=O) groups is 1. The maximum atomic E-state index is 11.0. The van der Waals surface area contributed by atoms with E-state index in [2.05, 4.69) is 6.92 Å². The zero-order valence-corrected chi connectivity index (χ0v) is 11.4. The molecule has 2 atom stereocenters. The van der Waals surface area contributed by atoms with Crippen molar-refractivity contribution in [3.63, 3.8) is 0 Å². The van der Waals surface area contributed by atoms with Crippen molar-refractivity contribution in [3.8, 4) is 0 Å². The van der Waals surface area contributed by atoms with Gasteiger partial charge in [0, 0.05) is 6.61 Å². The largest absolute Gasteiger partial charge is 0.481 e. The first-order valence-corrected chi connectivity index (χ1v) is 6.82. The van der Waals surface area contributed by atoms with Crippen LogP contribution in [0.25, 0.3) is 0 Å². The molecule has 0 amide bonds. The van der Waals surface area contributed by atoms with Crippen LogP contribution in [-0.4, -0.2) is 23.8 Å². The van der Waals surface area contributed by atoms with Crippen molar-refractivity contribution in [1.29, 1.82) is 0 Å². The third kappa shape index (κ3) is 4.30. The Labute approximate surface area is 105 Å². The molecule has 17 heavy (non-hydrogen) atoms. The van der Waals surface area contributed by atoms with Crippen molar-refractivity contribution in [3.05, 3.63) is 0 Å². The van der Waals surface area contributed by atoms with Gasteiger partial charge in [0.15, 0.2) is 0 Å². The highest BCUT2D eigenvalue weighted by atomic mass is 16.5. The molecule has 1 aliphatic rings. The molecule has 0 aliphatic heterocycles. The Morgan fingerprint density at radius 2 is 2.00 bits per heavy atom. The predicted octanol–water partition coefficient (Wildman–Crippen LogP) is 3.47. The highest BCUT2D eigenvalue weighted by Gasteiger charge is 2.29.